The van der Waals surface area contributed by atoms with Crippen molar-refractivity contribution in [2.75, 3.05) is 7.05 Å². The average molecular weight is 288 g/mol. The van der Waals surface area contributed by atoms with E-state index in [0.29, 0.717) is 6.54 Å². The van der Waals surface area contributed by atoms with Crippen molar-refractivity contribution in [1.82, 2.24) is 19.9 Å². The van der Waals surface area contributed by atoms with Gasteiger partial charge in [-0.15, -0.1) is 0 Å². The van der Waals surface area contributed by atoms with Crippen molar-refractivity contribution >= 4 is 16.8 Å². The van der Waals surface area contributed by atoms with Crippen molar-refractivity contribution in [3.05, 3.63) is 58.2 Å². The highest BCUT2D eigenvalue weighted by Crippen LogP contribution is 2.17. The molecule has 0 aliphatic rings. The Bertz CT molecular complexity index is 861. The minimum absolute atomic E-state index is 0.199. The summed E-state index contributed by atoms with van der Waals surface area (Å²) in [5, 5.41) is 0.751. The van der Waals surface area contributed by atoms with Crippen LogP contribution in [0.1, 0.15) is 16.2 Å². The molecule has 0 spiro atoms. The van der Waals surface area contributed by atoms with Gasteiger partial charge in [0.25, 0.3) is 5.91 Å². The highest BCUT2D eigenvalue weighted by atomic mass is 19.1. The molecular weight excluding hydrogens is 275 g/mol. The topological polar surface area (TPSA) is 84.8 Å². The highest BCUT2D eigenvalue weighted by Gasteiger charge is 2.14. The summed E-state index contributed by atoms with van der Waals surface area (Å²) in [6, 6.07) is 6.25. The molecule has 0 fully saturated rings. The number of carbonyl (C=O) groups is 1. The fourth-order valence-electron chi connectivity index (χ4n) is 2.23. The van der Waals surface area contributed by atoms with Crippen molar-refractivity contribution in [2.45, 2.75) is 6.54 Å². The van der Waals surface area contributed by atoms with Crippen molar-refractivity contribution < 1.29 is 9.18 Å². The highest BCUT2D eigenvalue weighted by molar-refractivity contribution is 5.91. The largest absolute Gasteiger partial charge is 0.357 e. The lowest BCUT2D eigenvalue weighted by Crippen LogP contribution is -2.27. The Morgan fingerprint density at radius 1 is 1.29 bits per heavy atom. The molecule has 0 unspecified atom stereocenters. The van der Waals surface area contributed by atoms with Crippen molar-refractivity contribution in [3.63, 3.8) is 0 Å². The molecule has 2 aromatic heterocycles. The van der Waals surface area contributed by atoms with Gasteiger partial charge in [-0.05, 0) is 24.3 Å². The molecular formula is C14H13FN4O2. The number of hydrogen-bond acceptors (Lipinski definition) is 2. The summed E-state index contributed by atoms with van der Waals surface area (Å²) in [5.41, 5.74) is 1.36. The second kappa shape index (κ2) is 4.93. The van der Waals surface area contributed by atoms with Crippen LogP contribution in [-0.2, 0) is 6.54 Å². The molecule has 0 saturated carbocycles. The van der Waals surface area contributed by atoms with E-state index in [0.717, 1.165) is 16.6 Å². The van der Waals surface area contributed by atoms with Crippen LogP contribution in [0.15, 0.2) is 35.3 Å². The van der Waals surface area contributed by atoms with Gasteiger partial charge in [0.05, 0.1) is 6.54 Å². The molecule has 0 saturated heterocycles. The smallest absolute Gasteiger partial charge is 0.323 e. The van der Waals surface area contributed by atoms with Gasteiger partial charge in [-0.25, -0.2) is 9.18 Å². The zero-order valence-corrected chi connectivity index (χ0v) is 11.2. The fourth-order valence-corrected chi connectivity index (χ4v) is 2.23. The molecule has 2 heterocycles. The molecule has 3 aromatic rings. The van der Waals surface area contributed by atoms with E-state index in [2.05, 4.69) is 15.0 Å². The third-order valence-corrected chi connectivity index (χ3v) is 3.22. The molecule has 3 N–H and O–H groups in total. The van der Waals surface area contributed by atoms with E-state index >= 15 is 0 Å². The predicted octanol–water partition coefficient (Wildman–Crippen LogP) is 1.60. The second-order valence-electron chi connectivity index (χ2n) is 4.84. The minimum atomic E-state index is -0.423. The van der Waals surface area contributed by atoms with Gasteiger partial charge in [0.2, 0.25) is 0 Å². The Morgan fingerprint density at radius 3 is 2.81 bits per heavy atom. The lowest BCUT2D eigenvalue weighted by Gasteiger charge is -2.14. The maximum Gasteiger partial charge on any atom is 0.323 e. The maximum atomic E-state index is 13.1. The van der Waals surface area contributed by atoms with Gasteiger partial charge in [-0.2, -0.15) is 0 Å². The molecule has 21 heavy (non-hydrogen) atoms. The van der Waals surface area contributed by atoms with Crippen molar-refractivity contribution in [2.24, 2.45) is 0 Å². The van der Waals surface area contributed by atoms with Gasteiger partial charge in [-0.3, -0.25) is 4.79 Å². The fraction of sp³-hybridized carbons (Fsp3) is 0.143. The molecule has 0 atom stereocenters. The van der Waals surface area contributed by atoms with Crippen molar-refractivity contribution in [3.8, 4) is 0 Å². The molecule has 0 aliphatic heterocycles. The summed E-state index contributed by atoms with van der Waals surface area (Å²) in [5.74, 6) is -0.611. The van der Waals surface area contributed by atoms with Crippen LogP contribution in [0.5, 0.6) is 0 Å². The number of carbonyl (C=O) groups excluding carboxylic acids is 1. The van der Waals surface area contributed by atoms with E-state index in [1.165, 1.54) is 23.2 Å². The first-order valence-corrected chi connectivity index (χ1v) is 6.33. The number of rotatable bonds is 3. The second-order valence-corrected chi connectivity index (χ2v) is 4.84. The minimum Gasteiger partial charge on any atom is -0.357 e. The van der Waals surface area contributed by atoms with E-state index in [1.54, 1.807) is 19.2 Å². The predicted molar refractivity (Wildman–Crippen MR) is 75.5 cm³/mol. The van der Waals surface area contributed by atoms with Crippen LogP contribution >= 0.6 is 0 Å². The van der Waals surface area contributed by atoms with Gasteiger partial charge < -0.3 is 19.9 Å². The number of H-pyrrole nitrogens is 3. The Labute approximate surface area is 118 Å². The lowest BCUT2D eigenvalue weighted by atomic mass is 10.2. The zero-order valence-electron chi connectivity index (χ0n) is 11.2. The number of nitrogens with one attached hydrogen (secondary N) is 3. The van der Waals surface area contributed by atoms with Crippen LogP contribution in [0.25, 0.3) is 10.9 Å². The SMILES string of the molecule is CN(Cc1cc2cc(F)ccc2[nH]1)C(=O)c1c[nH]c(=O)[nH]1. The summed E-state index contributed by atoms with van der Waals surface area (Å²) in [7, 11) is 1.62. The summed E-state index contributed by atoms with van der Waals surface area (Å²) in [6.07, 6.45) is 1.34. The molecule has 6 nitrogen and oxygen atoms in total. The average Bonchev–Trinajstić information content (AvgIpc) is 3.03. The van der Waals surface area contributed by atoms with E-state index in [4.69, 9.17) is 0 Å². The molecule has 7 heteroatoms. The van der Waals surface area contributed by atoms with E-state index in [9.17, 15) is 14.0 Å². The molecule has 0 bridgehead atoms. The Hall–Kier alpha value is -2.83. The standard InChI is InChI=1S/C14H13FN4O2/c1-19(13(20)12-6-16-14(21)18-12)7-10-5-8-4-9(15)2-3-11(8)17-10/h2-6,17H,7H2,1H3,(H2,16,18,21). The Balaban J connectivity index is 1.81. The van der Waals surface area contributed by atoms with Crippen LogP contribution in [0.4, 0.5) is 4.39 Å². The molecule has 108 valence electrons. The van der Waals surface area contributed by atoms with Gasteiger partial charge >= 0.3 is 5.69 Å². The van der Waals surface area contributed by atoms with Crippen molar-refractivity contribution in [1.29, 1.82) is 0 Å². The number of amides is 1. The van der Waals surface area contributed by atoms with Crippen LogP contribution < -0.4 is 5.69 Å². The number of benzene rings is 1. The number of aromatic amines is 3. The van der Waals surface area contributed by atoms with Crippen LogP contribution in [0, 0.1) is 5.82 Å². The van der Waals surface area contributed by atoms with E-state index in [1.807, 2.05) is 0 Å². The van der Waals surface area contributed by atoms with Crippen LogP contribution in [-0.4, -0.2) is 32.8 Å². The molecule has 1 amide bonds. The Morgan fingerprint density at radius 2 is 2.10 bits per heavy atom. The quantitative estimate of drug-likeness (QED) is 0.684. The summed E-state index contributed by atoms with van der Waals surface area (Å²) in [4.78, 5) is 32.5. The molecule has 1 aromatic carbocycles. The first kappa shape index (κ1) is 13.2. The van der Waals surface area contributed by atoms with Gasteiger partial charge in [0, 0.05) is 29.8 Å². The molecule has 3 rings (SSSR count). The molecule has 0 radical (unpaired) electrons. The number of nitrogens with zero attached hydrogens (tertiary/aromatic N) is 1. The maximum absolute atomic E-state index is 13.1. The van der Waals surface area contributed by atoms with Crippen LogP contribution in [0.2, 0.25) is 0 Å². The van der Waals surface area contributed by atoms with Gasteiger partial charge in [0.1, 0.15) is 11.5 Å². The summed E-state index contributed by atoms with van der Waals surface area (Å²) in [6.45, 7) is 0.322. The monoisotopic (exact) mass is 288 g/mol. The first-order valence-electron chi connectivity index (χ1n) is 6.33. The number of fused-ring (bicyclic) bond motifs is 1. The normalized spacial score (nSPS) is 11.0. The van der Waals surface area contributed by atoms with Gasteiger partial charge in [-0.1, -0.05) is 0 Å². The number of hydrogen-bond donors (Lipinski definition) is 3. The lowest BCUT2D eigenvalue weighted by molar-refractivity contribution is 0.0778. The van der Waals surface area contributed by atoms with E-state index in [-0.39, 0.29) is 17.4 Å². The first-order chi connectivity index (χ1) is 10.0. The Kier molecular flexibility index (Phi) is 3.09. The third-order valence-electron chi connectivity index (χ3n) is 3.22. The van der Waals surface area contributed by atoms with E-state index < -0.39 is 5.69 Å². The summed E-state index contributed by atoms with van der Waals surface area (Å²) >= 11 is 0. The number of halogens is 1. The number of aromatic nitrogens is 3. The zero-order chi connectivity index (χ0) is 15.0. The number of imidazole rings is 1. The third kappa shape index (κ3) is 2.58. The molecule has 0 aliphatic carbocycles. The van der Waals surface area contributed by atoms with Crippen LogP contribution in [0.3, 0.4) is 0 Å². The van der Waals surface area contributed by atoms with Gasteiger partial charge in [0.15, 0.2) is 0 Å². The summed E-state index contributed by atoms with van der Waals surface area (Å²) < 4.78 is 13.1.